The fraction of sp³-hybridized carbons (Fsp3) is 0.296. The van der Waals surface area contributed by atoms with Gasteiger partial charge in [0.2, 0.25) is 5.91 Å². The zero-order chi connectivity index (χ0) is 25.3. The molecular formula is C27H30ClN5O3. The first-order chi connectivity index (χ1) is 17.6. The van der Waals surface area contributed by atoms with E-state index in [0.29, 0.717) is 42.4 Å². The predicted molar refractivity (Wildman–Crippen MR) is 143 cm³/mol. The number of hydrogen-bond acceptors (Lipinski definition) is 7. The fourth-order valence-electron chi connectivity index (χ4n) is 4.02. The number of amides is 1. The van der Waals surface area contributed by atoms with E-state index in [0.717, 1.165) is 52.5 Å². The number of fused-ring (bicyclic) bond motifs is 3. The van der Waals surface area contributed by atoms with E-state index in [1.165, 1.54) is 0 Å². The predicted octanol–water partition coefficient (Wildman–Crippen LogP) is 4.03. The lowest BCUT2D eigenvalue weighted by Gasteiger charge is -2.12. The molecule has 0 saturated heterocycles. The van der Waals surface area contributed by atoms with Gasteiger partial charge >= 0.3 is 0 Å². The van der Waals surface area contributed by atoms with E-state index in [9.17, 15) is 9.90 Å². The van der Waals surface area contributed by atoms with Crippen LogP contribution in [-0.4, -0.2) is 47.3 Å². The number of aliphatic hydroxyl groups is 1. The molecule has 2 heterocycles. The van der Waals surface area contributed by atoms with Crippen molar-refractivity contribution in [2.75, 3.05) is 31.6 Å². The molecule has 188 valence electrons. The molecule has 5 N–H and O–H groups in total. The van der Waals surface area contributed by atoms with E-state index in [4.69, 9.17) is 27.1 Å². The van der Waals surface area contributed by atoms with Crippen molar-refractivity contribution in [3.63, 3.8) is 0 Å². The summed E-state index contributed by atoms with van der Waals surface area (Å²) in [4.78, 5) is 20.6. The Hall–Kier alpha value is -3.30. The van der Waals surface area contributed by atoms with Crippen LogP contribution in [0.1, 0.15) is 34.3 Å². The molecule has 4 rings (SSSR count). The maximum Gasteiger partial charge on any atom is 0.248 e. The van der Waals surface area contributed by atoms with E-state index >= 15 is 0 Å². The molecule has 0 atom stereocenters. The Balaban J connectivity index is 1.21. The lowest BCUT2D eigenvalue weighted by Crippen LogP contribution is -2.16. The van der Waals surface area contributed by atoms with E-state index in [1.807, 2.05) is 30.3 Å². The number of pyridine rings is 2. The topological polar surface area (TPSA) is 122 Å². The lowest BCUT2D eigenvalue weighted by molar-refractivity contribution is 0.100. The maximum atomic E-state index is 11.6. The van der Waals surface area contributed by atoms with E-state index in [1.54, 1.807) is 24.5 Å². The highest BCUT2D eigenvalue weighted by Gasteiger charge is 2.10. The number of carbonyl (C=O) groups excluding carboxylic acids is 1. The summed E-state index contributed by atoms with van der Waals surface area (Å²) < 4.78 is 5.78. The summed E-state index contributed by atoms with van der Waals surface area (Å²) in [7, 11) is 0. The van der Waals surface area contributed by atoms with Crippen molar-refractivity contribution in [3.05, 3.63) is 76.6 Å². The number of ether oxygens (including phenoxy) is 1. The summed E-state index contributed by atoms with van der Waals surface area (Å²) in [6.45, 7) is 3.35. The van der Waals surface area contributed by atoms with E-state index in [2.05, 4.69) is 15.6 Å². The van der Waals surface area contributed by atoms with Crippen molar-refractivity contribution >= 4 is 45.0 Å². The molecule has 0 aliphatic rings. The van der Waals surface area contributed by atoms with Gasteiger partial charge in [0.25, 0.3) is 0 Å². The normalized spacial score (nSPS) is 11.3. The van der Waals surface area contributed by atoms with Crippen LogP contribution in [0.2, 0.25) is 5.02 Å². The Morgan fingerprint density at radius 3 is 2.75 bits per heavy atom. The van der Waals surface area contributed by atoms with Gasteiger partial charge in [-0.1, -0.05) is 29.8 Å². The molecule has 0 spiro atoms. The number of halogens is 1. The van der Waals surface area contributed by atoms with Crippen molar-refractivity contribution in [1.82, 2.24) is 15.3 Å². The number of aliphatic hydroxyl groups excluding tert-OH is 1. The monoisotopic (exact) mass is 507 g/mol. The Morgan fingerprint density at radius 1 is 1.03 bits per heavy atom. The molecule has 0 aliphatic carbocycles. The summed E-state index contributed by atoms with van der Waals surface area (Å²) in [5.74, 6) is 0.237. The number of unbranched alkanes of at least 4 members (excludes halogenated alkanes) is 1. The van der Waals surface area contributed by atoms with Gasteiger partial charge in [-0.25, -0.2) is 4.98 Å². The zero-order valence-electron chi connectivity index (χ0n) is 20.0. The summed E-state index contributed by atoms with van der Waals surface area (Å²) in [5, 5.41) is 19.5. The molecule has 36 heavy (non-hydrogen) atoms. The van der Waals surface area contributed by atoms with Crippen LogP contribution in [-0.2, 0) is 17.9 Å². The molecule has 0 bridgehead atoms. The van der Waals surface area contributed by atoms with Crippen molar-refractivity contribution in [3.8, 4) is 0 Å². The molecule has 0 aliphatic heterocycles. The van der Waals surface area contributed by atoms with Crippen LogP contribution >= 0.6 is 11.6 Å². The standard InChI is InChI=1S/C27H30ClN5O3/c28-24-6-3-18(17-34)13-20(24)15-30-8-1-2-11-36-12-10-32-27-22-7-9-31-16-23(22)21-5-4-19(26(29)35)14-25(21)33-27/h3-7,9,13-14,16,30,34H,1-2,8,10-12,15,17H2,(H2,29,35)(H,32,33). The third-order valence-electron chi connectivity index (χ3n) is 5.92. The number of aromatic nitrogens is 2. The van der Waals surface area contributed by atoms with Gasteiger partial charge < -0.3 is 26.2 Å². The number of rotatable bonds is 13. The van der Waals surface area contributed by atoms with Crippen LogP contribution in [0.15, 0.2) is 54.9 Å². The van der Waals surface area contributed by atoms with Crippen LogP contribution in [0, 0.1) is 0 Å². The lowest BCUT2D eigenvalue weighted by atomic mass is 10.1. The first kappa shape index (κ1) is 25.8. The van der Waals surface area contributed by atoms with Gasteiger partial charge in [0.1, 0.15) is 5.82 Å². The van der Waals surface area contributed by atoms with Crippen molar-refractivity contribution < 1.29 is 14.6 Å². The number of anilines is 1. The van der Waals surface area contributed by atoms with Gasteiger partial charge in [0.15, 0.2) is 0 Å². The number of nitrogens with two attached hydrogens (primary N) is 1. The second kappa shape index (κ2) is 12.6. The Bertz CT molecular complexity index is 1350. The van der Waals surface area contributed by atoms with Crippen molar-refractivity contribution in [2.45, 2.75) is 26.0 Å². The fourth-order valence-corrected chi connectivity index (χ4v) is 4.20. The van der Waals surface area contributed by atoms with Gasteiger partial charge in [-0.3, -0.25) is 9.78 Å². The summed E-state index contributed by atoms with van der Waals surface area (Å²) in [6, 6.07) is 12.8. The summed E-state index contributed by atoms with van der Waals surface area (Å²) >= 11 is 6.22. The molecule has 9 heteroatoms. The number of nitrogens with zero attached hydrogens (tertiary/aromatic N) is 2. The Kier molecular flexibility index (Phi) is 9.02. The van der Waals surface area contributed by atoms with Crippen LogP contribution in [0.25, 0.3) is 21.7 Å². The van der Waals surface area contributed by atoms with Crippen LogP contribution < -0.4 is 16.4 Å². The first-order valence-corrected chi connectivity index (χ1v) is 12.3. The van der Waals surface area contributed by atoms with Gasteiger partial charge in [0.05, 0.1) is 18.7 Å². The quantitative estimate of drug-likeness (QED) is 0.159. The highest BCUT2D eigenvalue weighted by Crippen LogP contribution is 2.29. The highest BCUT2D eigenvalue weighted by atomic mass is 35.5. The first-order valence-electron chi connectivity index (χ1n) is 11.9. The van der Waals surface area contributed by atoms with Crippen molar-refractivity contribution in [2.24, 2.45) is 5.73 Å². The van der Waals surface area contributed by atoms with Gasteiger partial charge in [-0.15, -0.1) is 0 Å². The Morgan fingerprint density at radius 2 is 1.92 bits per heavy atom. The summed E-state index contributed by atoms with van der Waals surface area (Å²) in [5.41, 5.74) is 8.39. The minimum Gasteiger partial charge on any atom is -0.392 e. The molecule has 0 radical (unpaired) electrons. The van der Waals surface area contributed by atoms with Gasteiger partial charge in [0, 0.05) is 58.8 Å². The average Bonchev–Trinajstić information content (AvgIpc) is 2.90. The van der Waals surface area contributed by atoms with Crippen molar-refractivity contribution in [1.29, 1.82) is 0 Å². The molecule has 4 aromatic rings. The zero-order valence-corrected chi connectivity index (χ0v) is 20.7. The third kappa shape index (κ3) is 6.47. The third-order valence-corrected chi connectivity index (χ3v) is 6.29. The minimum absolute atomic E-state index is 0.0109. The number of nitrogens with one attached hydrogen (secondary N) is 2. The molecule has 1 amide bonds. The number of carbonyl (C=O) groups is 1. The van der Waals surface area contributed by atoms with Crippen LogP contribution in [0.4, 0.5) is 5.82 Å². The van der Waals surface area contributed by atoms with E-state index < -0.39 is 5.91 Å². The van der Waals surface area contributed by atoms with Crippen LogP contribution in [0.5, 0.6) is 0 Å². The van der Waals surface area contributed by atoms with Crippen LogP contribution in [0.3, 0.4) is 0 Å². The summed E-state index contributed by atoms with van der Waals surface area (Å²) in [6.07, 6.45) is 5.46. The molecule has 0 saturated carbocycles. The number of benzene rings is 2. The SMILES string of the molecule is NC(=O)c1ccc2c(c1)nc(NCCOCCCCNCc1cc(CO)ccc1Cl)c1ccncc12. The average molecular weight is 508 g/mol. The minimum atomic E-state index is -0.484. The molecule has 2 aromatic carbocycles. The molecular weight excluding hydrogens is 478 g/mol. The largest absolute Gasteiger partial charge is 0.392 e. The van der Waals surface area contributed by atoms with E-state index in [-0.39, 0.29) is 6.61 Å². The molecule has 8 nitrogen and oxygen atoms in total. The smallest absolute Gasteiger partial charge is 0.248 e. The van der Waals surface area contributed by atoms with Gasteiger partial charge in [-0.2, -0.15) is 0 Å². The Labute approximate surface area is 214 Å². The second-order valence-electron chi connectivity index (χ2n) is 8.48. The number of hydrogen-bond donors (Lipinski definition) is 4. The molecule has 2 aromatic heterocycles. The molecule has 0 fully saturated rings. The molecule has 0 unspecified atom stereocenters. The number of primary amides is 1. The second-order valence-corrected chi connectivity index (χ2v) is 8.89. The highest BCUT2D eigenvalue weighted by molar-refractivity contribution is 6.31. The van der Waals surface area contributed by atoms with Gasteiger partial charge in [-0.05, 0) is 54.8 Å². The maximum absolute atomic E-state index is 11.6.